The summed E-state index contributed by atoms with van der Waals surface area (Å²) in [5.74, 6) is -1.63. The molecule has 1 atom stereocenters. The summed E-state index contributed by atoms with van der Waals surface area (Å²) in [7, 11) is 1.48. The van der Waals surface area contributed by atoms with Gasteiger partial charge < -0.3 is 24.6 Å². The van der Waals surface area contributed by atoms with Crippen LogP contribution in [0.15, 0.2) is 54.1 Å². The van der Waals surface area contributed by atoms with E-state index in [1.807, 2.05) is 0 Å². The molecule has 0 aromatic heterocycles. The fourth-order valence-corrected chi connectivity index (χ4v) is 3.49. The molecular formula is C22H22N2O8. The van der Waals surface area contributed by atoms with Gasteiger partial charge in [-0.05, 0) is 29.8 Å². The number of nitrogens with zero attached hydrogens (tertiary/aromatic N) is 2. The van der Waals surface area contributed by atoms with Crippen LogP contribution in [0.2, 0.25) is 0 Å². The number of ether oxygens (including phenoxy) is 2. The Balaban J connectivity index is 2.08. The Kier molecular flexibility index (Phi) is 7.18. The first-order valence-electron chi connectivity index (χ1n) is 9.74. The minimum absolute atomic E-state index is 0.0451. The number of benzene rings is 2. The first kappa shape index (κ1) is 22.9. The van der Waals surface area contributed by atoms with Crippen LogP contribution in [-0.4, -0.2) is 65.2 Å². The molecule has 1 aliphatic heterocycles. The zero-order chi connectivity index (χ0) is 23.3. The first-order valence-corrected chi connectivity index (χ1v) is 9.74. The van der Waals surface area contributed by atoms with E-state index in [9.17, 15) is 24.8 Å². The molecule has 1 amide bonds. The summed E-state index contributed by atoms with van der Waals surface area (Å²) >= 11 is 0. The number of aliphatic hydroxyl groups is 2. The lowest BCUT2D eigenvalue weighted by Gasteiger charge is -2.25. The second-order valence-electron chi connectivity index (χ2n) is 6.91. The van der Waals surface area contributed by atoms with Crippen molar-refractivity contribution in [2.75, 3.05) is 33.5 Å². The molecule has 2 N–H and O–H groups in total. The van der Waals surface area contributed by atoms with Crippen molar-refractivity contribution in [1.29, 1.82) is 0 Å². The predicted molar refractivity (Wildman–Crippen MR) is 113 cm³/mol. The summed E-state index contributed by atoms with van der Waals surface area (Å²) in [6.07, 6.45) is 0. The highest BCUT2D eigenvalue weighted by Crippen LogP contribution is 2.40. The van der Waals surface area contributed by atoms with Crippen molar-refractivity contribution in [3.8, 4) is 5.75 Å². The molecule has 0 bridgehead atoms. The maximum Gasteiger partial charge on any atom is 0.295 e. The molecule has 3 rings (SSSR count). The van der Waals surface area contributed by atoms with Crippen molar-refractivity contribution in [3.63, 3.8) is 0 Å². The fraction of sp³-hybridized carbons (Fsp3) is 0.273. The summed E-state index contributed by atoms with van der Waals surface area (Å²) in [5.41, 5.74) is 0.388. The summed E-state index contributed by atoms with van der Waals surface area (Å²) in [5, 5.41) is 30.7. The zero-order valence-electron chi connectivity index (χ0n) is 17.3. The van der Waals surface area contributed by atoms with Gasteiger partial charge in [0.15, 0.2) is 0 Å². The van der Waals surface area contributed by atoms with Gasteiger partial charge >= 0.3 is 0 Å². The second kappa shape index (κ2) is 10.0. The van der Waals surface area contributed by atoms with Crippen LogP contribution in [0, 0.1) is 10.1 Å². The summed E-state index contributed by atoms with van der Waals surface area (Å²) in [4.78, 5) is 37.3. The van der Waals surface area contributed by atoms with E-state index in [1.165, 1.54) is 36.3 Å². The predicted octanol–water partition coefficient (Wildman–Crippen LogP) is 2.03. The van der Waals surface area contributed by atoms with Gasteiger partial charge in [-0.2, -0.15) is 0 Å². The highest BCUT2D eigenvalue weighted by molar-refractivity contribution is 6.46. The number of rotatable bonds is 9. The smallest absolute Gasteiger partial charge is 0.295 e. The molecule has 32 heavy (non-hydrogen) atoms. The minimum atomic E-state index is -0.919. The van der Waals surface area contributed by atoms with Gasteiger partial charge in [0, 0.05) is 24.2 Å². The number of hydrogen-bond donors (Lipinski definition) is 2. The normalized spacial score (nSPS) is 17.6. The molecule has 1 heterocycles. The Morgan fingerprint density at radius 2 is 1.88 bits per heavy atom. The van der Waals surface area contributed by atoms with Crippen molar-refractivity contribution >= 4 is 23.1 Å². The fourth-order valence-electron chi connectivity index (χ4n) is 3.49. The number of ketones is 1. The van der Waals surface area contributed by atoms with Gasteiger partial charge in [0.05, 0.1) is 43.5 Å². The maximum atomic E-state index is 12.9. The average molecular weight is 442 g/mol. The lowest BCUT2D eigenvalue weighted by molar-refractivity contribution is -0.384. The average Bonchev–Trinajstić information content (AvgIpc) is 3.06. The van der Waals surface area contributed by atoms with Crippen LogP contribution in [0.5, 0.6) is 5.75 Å². The third-order valence-electron chi connectivity index (χ3n) is 5.01. The van der Waals surface area contributed by atoms with Gasteiger partial charge in [-0.1, -0.05) is 12.1 Å². The largest absolute Gasteiger partial charge is 0.507 e. The Morgan fingerprint density at radius 1 is 1.16 bits per heavy atom. The number of non-ortho nitro benzene ring substituents is 1. The summed E-state index contributed by atoms with van der Waals surface area (Å²) in [6, 6.07) is 10.9. The molecule has 1 fully saturated rings. The number of carbonyl (C=O) groups is 2. The molecule has 10 nitrogen and oxygen atoms in total. The topological polar surface area (TPSA) is 139 Å². The monoisotopic (exact) mass is 442 g/mol. The molecule has 1 unspecified atom stereocenters. The number of carbonyl (C=O) groups excluding carboxylic acids is 2. The van der Waals surface area contributed by atoms with E-state index in [4.69, 9.17) is 14.6 Å². The Labute approximate surface area is 183 Å². The third-order valence-corrected chi connectivity index (χ3v) is 5.01. The molecule has 2 aromatic carbocycles. The Morgan fingerprint density at radius 3 is 2.50 bits per heavy atom. The van der Waals surface area contributed by atoms with Gasteiger partial charge in [-0.3, -0.25) is 19.7 Å². The van der Waals surface area contributed by atoms with E-state index in [1.54, 1.807) is 24.3 Å². The van der Waals surface area contributed by atoms with Crippen LogP contribution < -0.4 is 4.74 Å². The van der Waals surface area contributed by atoms with E-state index < -0.39 is 28.4 Å². The molecule has 2 aromatic rings. The molecule has 168 valence electrons. The van der Waals surface area contributed by atoms with Crippen LogP contribution >= 0.6 is 0 Å². The molecular weight excluding hydrogens is 420 g/mol. The van der Waals surface area contributed by atoms with Crippen LogP contribution in [0.4, 0.5) is 5.69 Å². The lowest BCUT2D eigenvalue weighted by atomic mass is 9.95. The van der Waals surface area contributed by atoms with Crippen molar-refractivity contribution in [2.45, 2.75) is 6.04 Å². The van der Waals surface area contributed by atoms with Crippen molar-refractivity contribution in [2.24, 2.45) is 0 Å². The molecule has 1 aliphatic rings. The highest BCUT2D eigenvalue weighted by Gasteiger charge is 2.46. The minimum Gasteiger partial charge on any atom is -0.507 e. The standard InChI is InChI=1S/C22H22N2O8/c1-31-17-4-2-3-15(13-17)19-18(20(26)14-5-7-16(8-6-14)24(29)30)21(27)22(28)23(19)9-11-32-12-10-25/h2-8,13,19,25-26H,9-12H2,1H3/b20-18-. The highest BCUT2D eigenvalue weighted by atomic mass is 16.6. The van der Waals surface area contributed by atoms with Crippen LogP contribution in [0.1, 0.15) is 17.2 Å². The number of nitro benzene ring substituents is 1. The van der Waals surface area contributed by atoms with Crippen molar-refractivity contribution < 1.29 is 34.2 Å². The molecule has 1 saturated heterocycles. The molecule has 0 radical (unpaired) electrons. The number of hydrogen-bond acceptors (Lipinski definition) is 8. The van der Waals surface area contributed by atoms with Gasteiger partial charge in [0.25, 0.3) is 17.4 Å². The number of Topliss-reactive ketones (excluding diaryl/α,β-unsaturated/α-hetero) is 1. The van der Waals surface area contributed by atoms with E-state index in [2.05, 4.69) is 0 Å². The van der Waals surface area contributed by atoms with Crippen molar-refractivity contribution in [1.82, 2.24) is 4.90 Å². The maximum absolute atomic E-state index is 12.9. The number of aliphatic hydroxyl groups excluding tert-OH is 2. The van der Waals surface area contributed by atoms with E-state index >= 15 is 0 Å². The van der Waals surface area contributed by atoms with E-state index in [-0.39, 0.29) is 43.2 Å². The molecule has 0 spiro atoms. The third kappa shape index (κ3) is 4.61. The second-order valence-corrected chi connectivity index (χ2v) is 6.91. The summed E-state index contributed by atoms with van der Waals surface area (Å²) in [6.45, 7) is 0.0178. The van der Waals surface area contributed by atoms with Gasteiger partial charge in [-0.25, -0.2) is 0 Å². The quantitative estimate of drug-likeness (QED) is 0.150. The first-order chi connectivity index (χ1) is 15.4. The number of amides is 1. The van der Waals surface area contributed by atoms with Crippen LogP contribution in [-0.2, 0) is 14.3 Å². The van der Waals surface area contributed by atoms with Gasteiger partial charge in [0.1, 0.15) is 11.5 Å². The van der Waals surface area contributed by atoms with Crippen LogP contribution in [0.25, 0.3) is 5.76 Å². The number of likely N-dealkylation sites (tertiary alicyclic amines) is 1. The number of nitro groups is 1. The lowest BCUT2D eigenvalue weighted by Crippen LogP contribution is -2.33. The molecule has 0 saturated carbocycles. The Hall–Kier alpha value is -3.76. The van der Waals surface area contributed by atoms with Crippen LogP contribution in [0.3, 0.4) is 0 Å². The van der Waals surface area contributed by atoms with E-state index in [0.717, 1.165) is 0 Å². The van der Waals surface area contributed by atoms with Crippen molar-refractivity contribution in [3.05, 3.63) is 75.3 Å². The van der Waals surface area contributed by atoms with Gasteiger partial charge in [0.2, 0.25) is 0 Å². The Bertz CT molecular complexity index is 1050. The number of methoxy groups -OCH3 is 1. The SMILES string of the molecule is COc1cccc(C2/C(=C(/O)c3ccc([N+](=O)[O-])cc3)C(=O)C(=O)N2CCOCCO)c1. The van der Waals surface area contributed by atoms with Gasteiger partial charge in [-0.15, -0.1) is 0 Å². The molecule has 0 aliphatic carbocycles. The zero-order valence-corrected chi connectivity index (χ0v) is 17.3. The molecule has 10 heteroatoms. The van der Waals surface area contributed by atoms with E-state index in [0.29, 0.717) is 11.3 Å². The summed E-state index contributed by atoms with van der Waals surface area (Å²) < 4.78 is 10.5.